The first-order valence-corrected chi connectivity index (χ1v) is 5.21. The molecule has 88 valence electrons. The largest absolute Gasteiger partial charge is 0.481 e. The average molecular weight is 315 g/mol. The van der Waals surface area contributed by atoms with E-state index in [-0.39, 0.29) is 20.8 Å². The number of alkyl halides is 2. The molecule has 0 spiro atoms. The van der Waals surface area contributed by atoms with Gasteiger partial charge in [-0.1, -0.05) is 11.6 Å². The summed E-state index contributed by atoms with van der Waals surface area (Å²) in [6.45, 7) is -3.02. The zero-order chi connectivity index (χ0) is 12.3. The summed E-state index contributed by atoms with van der Waals surface area (Å²) >= 11 is 8.66. The first-order chi connectivity index (χ1) is 7.40. The number of rotatable bonds is 4. The molecule has 0 bridgehead atoms. The number of carboxylic acids is 1. The monoisotopic (exact) mass is 314 g/mol. The van der Waals surface area contributed by atoms with Crippen LogP contribution in [0.4, 0.5) is 8.78 Å². The maximum Gasteiger partial charge on any atom is 0.387 e. The second-order valence-electron chi connectivity index (χ2n) is 2.82. The van der Waals surface area contributed by atoms with E-state index in [9.17, 15) is 13.6 Å². The van der Waals surface area contributed by atoms with Crippen LogP contribution in [-0.2, 0) is 11.2 Å². The molecule has 0 saturated heterocycles. The van der Waals surface area contributed by atoms with Crippen molar-refractivity contribution in [3.63, 3.8) is 0 Å². The zero-order valence-electron chi connectivity index (χ0n) is 7.71. The Morgan fingerprint density at radius 3 is 2.69 bits per heavy atom. The minimum atomic E-state index is -3.02. The highest BCUT2D eigenvalue weighted by Gasteiger charge is 2.16. The first-order valence-electron chi connectivity index (χ1n) is 4.04. The van der Waals surface area contributed by atoms with Gasteiger partial charge in [-0.2, -0.15) is 8.78 Å². The van der Waals surface area contributed by atoms with E-state index in [4.69, 9.17) is 16.7 Å². The van der Waals surface area contributed by atoms with Crippen LogP contribution in [0.3, 0.4) is 0 Å². The van der Waals surface area contributed by atoms with Gasteiger partial charge in [0.2, 0.25) is 0 Å². The van der Waals surface area contributed by atoms with Gasteiger partial charge in [-0.05, 0) is 28.1 Å². The molecule has 1 rings (SSSR count). The predicted octanol–water partition coefficient (Wildman–Crippen LogP) is 3.33. The van der Waals surface area contributed by atoms with Gasteiger partial charge in [0, 0.05) is 10.6 Å². The molecule has 0 saturated carbocycles. The highest BCUT2D eigenvalue weighted by Crippen LogP contribution is 2.34. The SMILES string of the molecule is O=C(O)Cc1cc(Cl)cc(Br)c1OC(F)F. The summed E-state index contributed by atoms with van der Waals surface area (Å²) in [5.41, 5.74) is 0.0900. The van der Waals surface area contributed by atoms with Crippen LogP contribution < -0.4 is 4.74 Å². The van der Waals surface area contributed by atoms with E-state index < -0.39 is 19.0 Å². The normalized spacial score (nSPS) is 10.6. The fourth-order valence-corrected chi connectivity index (χ4v) is 2.10. The van der Waals surface area contributed by atoms with Crippen molar-refractivity contribution in [3.8, 4) is 5.75 Å². The molecule has 0 heterocycles. The Labute approximate surface area is 103 Å². The molecule has 0 aliphatic rings. The molecule has 0 aromatic heterocycles. The third-order valence-electron chi connectivity index (χ3n) is 1.63. The van der Waals surface area contributed by atoms with Gasteiger partial charge in [0.1, 0.15) is 5.75 Å². The van der Waals surface area contributed by atoms with Crippen LogP contribution in [0.25, 0.3) is 0 Å². The summed E-state index contributed by atoms with van der Waals surface area (Å²) in [5, 5.41) is 8.85. The van der Waals surface area contributed by atoms with Gasteiger partial charge in [0.05, 0.1) is 10.9 Å². The Morgan fingerprint density at radius 2 is 2.19 bits per heavy atom. The molecule has 0 unspecified atom stereocenters. The van der Waals surface area contributed by atoms with Gasteiger partial charge in [-0.15, -0.1) is 0 Å². The highest BCUT2D eigenvalue weighted by atomic mass is 79.9. The minimum absolute atomic E-state index is 0.0900. The number of hydrogen-bond acceptors (Lipinski definition) is 2. The lowest BCUT2D eigenvalue weighted by atomic mass is 10.1. The molecule has 0 fully saturated rings. The minimum Gasteiger partial charge on any atom is -0.481 e. The predicted molar refractivity (Wildman–Crippen MR) is 57.1 cm³/mol. The lowest BCUT2D eigenvalue weighted by molar-refractivity contribution is -0.136. The van der Waals surface area contributed by atoms with Crippen LogP contribution in [-0.4, -0.2) is 17.7 Å². The maximum atomic E-state index is 12.1. The van der Waals surface area contributed by atoms with E-state index in [1.54, 1.807) is 0 Å². The van der Waals surface area contributed by atoms with Crippen LogP contribution in [0, 0.1) is 0 Å². The van der Waals surface area contributed by atoms with Crippen molar-refractivity contribution >= 4 is 33.5 Å². The van der Waals surface area contributed by atoms with Crippen molar-refractivity contribution < 1.29 is 23.4 Å². The van der Waals surface area contributed by atoms with Crippen LogP contribution in [0.2, 0.25) is 5.02 Å². The quantitative estimate of drug-likeness (QED) is 0.927. The Bertz CT molecular complexity index is 412. The summed E-state index contributed by atoms with van der Waals surface area (Å²) in [6, 6.07) is 2.63. The summed E-state index contributed by atoms with van der Waals surface area (Å²) in [5.74, 6) is -1.37. The first kappa shape index (κ1) is 13.2. The Kier molecular flexibility index (Phi) is 4.49. The number of ether oxygens (including phenoxy) is 1. The number of benzene rings is 1. The molecule has 0 aliphatic carbocycles. The molecular formula is C9H6BrClF2O3. The maximum absolute atomic E-state index is 12.1. The molecule has 1 aromatic rings. The molecule has 16 heavy (non-hydrogen) atoms. The lowest BCUT2D eigenvalue weighted by Crippen LogP contribution is -2.08. The zero-order valence-corrected chi connectivity index (χ0v) is 10.1. The van der Waals surface area contributed by atoms with Crippen molar-refractivity contribution in [3.05, 3.63) is 27.2 Å². The van der Waals surface area contributed by atoms with Crippen molar-refractivity contribution in [1.29, 1.82) is 0 Å². The van der Waals surface area contributed by atoms with Gasteiger partial charge in [0.15, 0.2) is 0 Å². The van der Waals surface area contributed by atoms with E-state index in [1.165, 1.54) is 12.1 Å². The topological polar surface area (TPSA) is 46.5 Å². The number of carboxylic acid groups (broad SMARTS) is 1. The van der Waals surface area contributed by atoms with E-state index in [2.05, 4.69) is 20.7 Å². The van der Waals surface area contributed by atoms with Crippen molar-refractivity contribution in [2.75, 3.05) is 0 Å². The van der Waals surface area contributed by atoms with Crippen LogP contribution in [0.15, 0.2) is 16.6 Å². The number of carbonyl (C=O) groups is 1. The Hall–Kier alpha value is -0.880. The van der Waals surface area contributed by atoms with Gasteiger partial charge in [-0.25, -0.2) is 0 Å². The third-order valence-corrected chi connectivity index (χ3v) is 2.44. The molecule has 1 aromatic carbocycles. The smallest absolute Gasteiger partial charge is 0.387 e. The van der Waals surface area contributed by atoms with Crippen molar-refractivity contribution in [1.82, 2.24) is 0 Å². The number of aliphatic carboxylic acids is 1. The number of hydrogen-bond donors (Lipinski definition) is 1. The van der Waals surface area contributed by atoms with Crippen molar-refractivity contribution in [2.45, 2.75) is 13.0 Å². The van der Waals surface area contributed by atoms with Crippen LogP contribution >= 0.6 is 27.5 Å². The van der Waals surface area contributed by atoms with Gasteiger partial charge < -0.3 is 9.84 Å². The fraction of sp³-hybridized carbons (Fsp3) is 0.222. The van der Waals surface area contributed by atoms with E-state index in [0.717, 1.165) is 0 Å². The lowest BCUT2D eigenvalue weighted by Gasteiger charge is -2.11. The van der Waals surface area contributed by atoms with E-state index in [1.807, 2.05) is 0 Å². The van der Waals surface area contributed by atoms with Crippen LogP contribution in [0.1, 0.15) is 5.56 Å². The van der Waals surface area contributed by atoms with Gasteiger partial charge >= 0.3 is 12.6 Å². The molecule has 0 amide bonds. The molecule has 0 aliphatic heterocycles. The van der Waals surface area contributed by atoms with Gasteiger partial charge in [0.25, 0.3) is 0 Å². The number of halogens is 4. The molecular weight excluding hydrogens is 309 g/mol. The highest BCUT2D eigenvalue weighted by molar-refractivity contribution is 9.10. The second kappa shape index (κ2) is 5.45. The standard InChI is InChI=1S/C9H6BrClF2O3/c10-6-3-5(11)1-4(2-7(14)15)8(6)16-9(12)13/h1,3,9H,2H2,(H,14,15). The molecule has 3 nitrogen and oxygen atoms in total. The Morgan fingerprint density at radius 1 is 1.56 bits per heavy atom. The van der Waals surface area contributed by atoms with E-state index >= 15 is 0 Å². The second-order valence-corrected chi connectivity index (χ2v) is 4.12. The van der Waals surface area contributed by atoms with Crippen molar-refractivity contribution in [2.24, 2.45) is 0 Å². The summed E-state index contributed by atoms with van der Waals surface area (Å²) < 4.78 is 28.6. The van der Waals surface area contributed by atoms with Crippen LogP contribution in [0.5, 0.6) is 5.75 Å². The Balaban J connectivity index is 3.15. The molecule has 1 N–H and O–H groups in total. The van der Waals surface area contributed by atoms with E-state index in [0.29, 0.717) is 0 Å². The summed E-state index contributed by atoms with van der Waals surface area (Å²) in [6.07, 6.45) is -0.443. The fourth-order valence-electron chi connectivity index (χ4n) is 1.13. The van der Waals surface area contributed by atoms with Gasteiger partial charge in [-0.3, -0.25) is 4.79 Å². The summed E-state index contributed by atoms with van der Waals surface area (Å²) in [4.78, 5) is 10.5. The third kappa shape index (κ3) is 3.61. The average Bonchev–Trinajstić information content (AvgIpc) is 2.09. The molecule has 0 radical (unpaired) electrons. The molecule has 0 atom stereocenters. The summed E-state index contributed by atoms with van der Waals surface area (Å²) in [7, 11) is 0. The molecule has 7 heteroatoms.